The van der Waals surface area contributed by atoms with E-state index in [-0.39, 0.29) is 23.8 Å². The van der Waals surface area contributed by atoms with Crippen LogP contribution in [0, 0.1) is 5.92 Å². The standard InChI is InChI=1S/C20H30N2O3/c1-4-19(23)22-13-5-6-17(14-22)20(24)21-15(2)7-8-16-9-11-18(25-3)12-10-16/h9-12,15,17H,4-8,13-14H2,1-3H3,(H,21,24). The predicted octanol–water partition coefficient (Wildman–Crippen LogP) is 2.78. The topological polar surface area (TPSA) is 58.6 Å². The summed E-state index contributed by atoms with van der Waals surface area (Å²) in [6.07, 6.45) is 4.08. The fourth-order valence-corrected chi connectivity index (χ4v) is 3.25. The SMILES string of the molecule is CCC(=O)N1CCCC(C(=O)NC(C)CCc2ccc(OC)cc2)C1. The summed E-state index contributed by atoms with van der Waals surface area (Å²) in [6.45, 7) is 5.25. The van der Waals surface area contributed by atoms with Crippen molar-refractivity contribution in [2.45, 2.75) is 52.0 Å². The number of likely N-dealkylation sites (tertiary alicyclic amines) is 1. The van der Waals surface area contributed by atoms with Gasteiger partial charge in [0.05, 0.1) is 13.0 Å². The molecule has 1 aliphatic rings. The molecule has 2 atom stereocenters. The minimum atomic E-state index is -0.0762. The molecule has 1 N–H and O–H groups in total. The van der Waals surface area contributed by atoms with Gasteiger partial charge >= 0.3 is 0 Å². The first-order chi connectivity index (χ1) is 12.0. The largest absolute Gasteiger partial charge is 0.497 e. The fourth-order valence-electron chi connectivity index (χ4n) is 3.25. The first-order valence-corrected chi connectivity index (χ1v) is 9.24. The van der Waals surface area contributed by atoms with E-state index in [1.54, 1.807) is 7.11 Å². The maximum Gasteiger partial charge on any atom is 0.225 e. The molecule has 1 fully saturated rings. The molecule has 0 spiro atoms. The van der Waals surface area contributed by atoms with Crippen LogP contribution in [0.3, 0.4) is 0 Å². The number of carbonyl (C=O) groups excluding carboxylic acids is 2. The minimum absolute atomic E-state index is 0.0762. The quantitative estimate of drug-likeness (QED) is 0.826. The third-order valence-corrected chi connectivity index (χ3v) is 4.86. The summed E-state index contributed by atoms with van der Waals surface area (Å²) in [5, 5.41) is 3.12. The van der Waals surface area contributed by atoms with Crippen LogP contribution in [0.25, 0.3) is 0 Å². The van der Waals surface area contributed by atoms with Gasteiger partial charge < -0.3 is 15.0 Å². The lowest BCUT2D eigenvalue weighted by Crippen LogP contribution is -2.47. The maximum atomic E-state index is 12.5. The molecular weight excluding hydrogens is 316 g/mol. The summed E-state index contributed by atoms with van der Waals surface area (Å²) in [7, 11) is 1.66. The molecular formula is C20H30N2O3. The Kier molecular flexibility index (Phi) is 7.29. The summed E-state index contributed by atoms with van der Waals surface area (Å²) >= 11 is 0. The van der Waals surface area contributed by atoms with Gasteiger partial charge in [0, 0.05) is 25.6 Å². The first-order valence-electron chi connectivity index (χ1n) is 9.24. The molecule has 5 nitrogen and oxygen atoms in total. The van der Waals surface area contributed by atoms with Crippen molar-refractivity contribution in [2.24, 2.45) is 5.92 Å². The Morgan fingerprint density at radius 1 is 1.32 bits per heavy atom. The number of nitrogens with one attached hydrogen (secondary N) is 1. The number of hydrogen-bond donors (Lipinski definition) is 1. The molecule has 1 saturated heterocycles. The second-order valence-electron chi connectivity index (χ2n) is 6.83. The van der Waals surface area contributed by atoms with Crippen molar-refractivity contribution in [1.82, 2.24) is 10.2 Å². The lowest BCUT2D eigenvalue weighted by atomic mass is 9.96. The average molecular weight is 346 g/mol. The van der Waals surface area contributed by atoms with Gasteiger partial charge in [0.1, 0.15) is 5.75 Å². The van der Waals surface area contributed by atoms with E-state index in [2.05, 4.69) is 17.4 Å². The smallest absolute Gasteiger partial charge is 0.225 e. The van der Waals surface area contributed by atoms with Crippen LogP contribution in [0.2, 0.25) is 0 Å². The van der Waals surface area contributed by atoms with Crippen molar-refractivity contribution < 1.29 is 14.3 Å². The van der Waals surface area contributed by atoms with Crippen LogP contribution < -0.4 is 10.1 Å². The van der Waals surface area contributed by atoms with E-state index >= 15 is 0 Å². The molecule has 0 saturated carbocycles. The zero-order valence-electron chi connectivity index (χ0n) is 15.6. The van der Waals surface area contributed by atoms with Gasteiger partial charge in [-0.1, -0.05) is 19.1 Å². The molecule has 2 amide bonds. The molecule has 1 aliphatic heterocycles. The molecule has 0 radical (unpaired) electrons. The zero-order chi connectivity index (χ0) is 18.2. The number of benzene rings is 1. The minimum Gasteiger partial charge on any atom is -0.497 e. The summed E-state index contributed by atoms with van der Waals surface area (Å²) in [6, 6.07) is 8.15. The number of nitrogens with zero attached hydrogens (tertiary/aromatic N) is 1. The van der Waals surface area contributed by atoms with Crippen LogP contribution in [-0.2, 0) is 16.0 Å². The van der Waals surface area contributed by atoms with E-state index in [0.29, 0.717) is 13.0 Å². The highest BCUT2D eigenvalue weighted by Gasteiger charge is 2.28. The molecule has 0 bridgehead atoms. The van der Waals surface area contributed by atoms with Crippen molar-refractivity contribution in [2.75, 3.05) is 20.2 Å². The van der Waals surface area contributed by atoms with Crippen molar-refractivity contribution in [3.63, 3.8) is 0 Å². The van der Waals surface area contributed by atoms with Gasteiger partial charge in [0.25, 0.3) is 0 Å². The Balaban J connectivity index is 1.77. The number of carbonyl (C=O) groups is 2. The molecule has 1 aromatic carbocycles. The Morgan fingerprint density at radius 2 is 2.04 bits per heavy atom. The van der Waals surface area contributed by atoms with Gasteiger partial charge in [-0.3, -0.25) is 9.59 Å². The Hall–Kier alpha value is -2.04. The van der Waals surface area contributed by atoms with Gasteiger partial charge in [-0.2, -0.15) is 0 Å². The summed E-state index contributed by atoms with van der Waals surface area (Å²) in [5.41, 5.74) is 1.24. The molecule has 5 heteroatoms. The number of rotatable bonds is 7. The highest BCUT2D eigenvalue weighted by molar-refractivity contribution is 5.81. The molecule has 0 aromatic heterocycles. The second-order valence-corrected chi connectivity index (χ2v) is 6.83. The van der Waals surface area contributed by atoms with E-state index in [4.69, 9.17) is 4.74 Å². The van der Waals surface area contributed by atoms with Crippen molar-refractivity contribution in [1.29, 1.82) is 0 Å². The molecule has 25 heavy (non-hydrogen) atoms. The van der Waals surface area contributed by atoms with Crippen LogP contribution in [0.1, 0.15) is 45.1 Å². The lowest BCUT2D eigenvalue weighted by Gasteiger charge is -2.32. The fraction of sp³-hybridized carbons (Fsp3) is 0.600. The van der Waals surface area contributed by atoms with Crippen LogP contribution in [0.4, 0.5) is 0 Å². The predicted molar refractivity (Wildman–Crippen MR) is 98.5 cm³/mol. The van der Waals surface area contributed by atoms with Crippen LogP contribution >= 0.6 is 0 Å². The Morgan fingerprint density at radius 3 is 2.68 bits per heavy atom. The summed E-state index contributed by atoms with van der Waals surface area (Å²) in [4.78, 5) is 26.2. The van der Waals surface area contributed by atoms with Gasteiger partial charge in [0.15, 0.2) is 0 Å². The average Bonchev–Trinajstić information content (AvgIpc) is 2.66. The second kappa shape index (κ2) is 9.44. The van der Waals surface area contributed by atoms with E-state index in [9.17, 15) is 9.59 Å². The number of amides is 2. The van der Waals surface area contributed by atoms with Crippen LogP contribution in [0.5, 0.6) is 5.75 Å². The van der Waals surface area contributed by atoms with Crippen molar-refractivity contribution >= 4 is 11.8 Å². The summed E-state index contributed by atoms with van der Waals surface area (Å²) in [5.74, 6) is 1.00. The Labute approximate surface area is 150 Å². The highest BCUT2D eigenvalue weighted by atomic mass is 16.5. The Bertz CT molecular complexity index is 571. The maximum absolute atomic E-state index is 12.5. The molecule has 0 aliphatic carbocycles. The third kappa shape index (κ3) is 5.76. The van der Waals surface area contributed by atoms with Gasteiger partial charge in [-0.25, -0.2) is 0 Å². The number of aryl methyl sites for hydroxylation is 1. The van der Waals surface area contributed by atoms with E-state index in [0.717, 1.165) is 38.0 Å². The number of methoxy groups -OCH3 is 1. The zero-order valence-corrected chi connectivity index (χ0v) is 15.6. The van der Waals surface area contributed by atoms with Crippen molar-refractivity contribution in [3.8, 4) is 5.75 Å². The number of ether oxygens (including phenoxy) is 1. The van der Waals surface area contributed by atoms with Crippen LogP contribution in [-0.4, -0.2) is 43.0 Å². The molecule has 2 unspecified atom stereocenters. The van der Waals surface area contributed by atoms with E-state index in [1.165, 1.54) is 5.56 Å². The third-order valence-electron chi connectivity index (χ3n) is 4.86. The van der Waals surface area contributed by atoms with Crippen LogP contribution in [0.15, 0.2) is 24.3 Å². The first kappa shape index (κ1) is 19.3. The molecule has 1 heterocycles. The lowest BCUT2D eigenvalue weighted by molar-refractivity contribution is -0.135. The monoisotopic (exact) mass is 346 g/mol. The van der Waals surface area contributed by atoms with Gasteiger partial charge in [-0.15, -0.1) is 0 Å². The van der Waals surface area contributed by atoms with Gasteiger partial charge in [0.2, 0.25) is 11.8 Å². The van der Waals surface area contributed by atoms with E-state index in [1.807, 2.05) is 30.9 Å². The summed E-state index contributed by atoms with van der Waals surface area (Å²) < 4.78 is 5.16. The van der Waals surface area contributed by atoms with E-state index < -0.39 is 0 Å². The number of piperidine rings is 1. The number of hydrogen-bond acceptors (Lipinski definition) is 3. The van der Waals surface area contributed by atoms with Crippen molar-refractivity contribution in [3.05, 3.63) is 29.8 Å². The molecule has 138 valence electrons. The van der Waals surface area contributed by atoms with Gasteiger partial charge in [-0.05, 0) is 50.3 Å². The molecule has 2 rings (SSSR count). The highest BCUT2D eigenvalue weighted by Crippen LogP contribution is 2.18. The molecule has 1 aromatic rings. The normalized spacial score (nSPS) is 18.5.